The van der Waals surface area contributed by atoms with Crippen LogP contribution in [0.1, 0.15) is 5.56 Å². The third-order valence-corrected chi connectivity index (χ3v) is 2.29. The van der Waals surface area contributed by atoms with E-state index >= 15 is 0 Å². The van der Waals surface area contributed by atoms with Gasteiger partial charge in [-0.2, -0.15) is 5.26 Å². The number of nitrogens with one attached hydrogen (secondary N) is 2. The predicted octanol–water partition coefficient (Wildman–Crippen LogP) is 2.12. The summed E-state index contributed by atoms with van der Waals surface area (Å²) in [6.07, 6.45) is 1.56. The molecule has 2 aromatic rings. The zero-order chi connectivity index (χ0) is 13.0. The fourth-order valence-electron chi connectivity index (χ4n) is 1.46. The summed E-state index contributed by atoms with van der Waals surface area (Å²) in [5.41, 5.74) is 3.86. The van der Waals surface area contributed by atoms with Crippen LogP contribution in [0.3, 0.4) is 0 Å². The minimum absolute atomic E-state index is 0.231. The van der Waals surface area contributed by atoms with Gasteiger partial charge in [-0.3, -0.25) is 0 Å². The van der Waals surface area contributed by atoms with Crippen molar-refractivity contribution in [1.29, 1.82) is 5.26 Å². The van der Waals surface area contributed by atoms with Gasteiger partial charge in [0.15, 0.2) is 0 Å². The minimum atomic E-state index is -0.448. The van der Waals surface area contributed by atoms with Crippen molar-refractivity contribution in [2.45, 2.75) is 0 Å². The molecule has 5 nitrogen and oxygen atoms in total. The monoisotopic (exact) mass is 243 g/mol. The van der Waals surface area contributed by atoms with Crippen LogP contribution in [0, 0.1) is 17.1 Å². The smallest absolute Gasteiger partial charge is 0.141 e. The van der Waals surface area contributed by atoms with Gasteiger partial charge in [-0.25, -0.2) is 15.2 Å². The second-order valence-corrected chi connectivity index (χ2v) is 3.50. The Balaban J connectivity index is 2.31. The van der Waals surface area contributed by atoms with Gasteiger partial charge in [0.2, 0.25) is 0 Å². The number of nitrogens with zero attached hydrogens (tertiary/aromatic N) is 2. The lowest BCUT2D eigenvalue weighted by molar-refractivity contribution is 0.627. The zero-order valence-electron chi connectivity index (χ0n) is 9.31. The van der Waals surface area contributed by atoms with Gasteiger partial charge in [0.1, 0.15) is 17.7 Å². The highest BCUT2D eigenvalue weighted by molar-refractivity contribution is 5.67. The van der Waals surface area contributed by atoms with Crippen molar-refractivity contribution in [3.8, 4) is 6.07 Å². The molecule has 18 heavy (non-hydrogen) atoms. The van der Waals surface area contributed by atoms with Crippen LogP contribution in [0.4, 0.5) is 21.6 Å². The summed E-state index contributed by atoms with van der Waals surface area (Å²) >= 11 is 0. The molecule has 4 N–H and O–H groups in total. The molecule has 0 unspecified atom stereocenters. The Morgan fingerprint density at radius 3 is 2.83 bits per heavy atom. The Labute approximate surface area is 103 Å². The summed E-state index contributed by atoms with van der Waals surface area (Å²) in [7, 11) is 0. The van der Waals surface area contributed by atoms with E-state index in [4.69, 9.17) is 11.1 Å². The maximum atomic E-state index is 13.0. The quantitative estimate of drug-likeness (QED) is 0.567. The molecule has 0 saturated carbocycles. The number of hydrogen-bond acceptors (Lipinski definition) is 5. The second kappa shape index (κ2) is 5.12. The maximum Gasteiger partial charge on any atom is 0.141 e. The van der Waals surface area contributed by atoms with Crippen LogP contribution in [-0.4, -0.2) is 4.98 Å². The van der Waals surface area contributed by atoms with Crippen molar-refractivity contribution < 1.29 is 4.39 Å². The fraction of sp³-hybridized carbons (Fsp3) is 0. The standard InChI is InChI=1S/C12H10FN5/c13-9-1-2-11(8(5-9)7-14)17-10-3-4-16-12(6-10)18-15/h1-6H,15H2,(H2,16,17,18). The van der Waals surface area contributed by atoms with Crippen molar-refractivity contribution in [2.24, 2.45) is 5.84 Å². The number of anilines is 3. The third kappa shape index (κ3) is 2.53. The van der Waals surface area contributed by atoms with E-state index in [9.17, 15) is 4.39 Å². The molecule has 1 aromatic heterocycles. The van der Waals surface area contributed by atoms with Crippen LogP contribution < -0.4 is 16.6 Å². The Hall–Kier alpha value is -2.65. The van der Waals surface area contributed by atoms with Gasteiger partial charge in [-0.1, -0.05) is 0 Å². The molecule has 0 aliphatic heterocycles. The molecule has 0 amide bonds. The molecule has 0 saturated heterocycles. The summed E-state index contributed by atoms with van der Waals surface area (Å²) in [6.45, 7) is 0. The van der Waals surface area contributed by atoms with E-state index in [0.29, 0.717) is 17.2 Å². The van der Waals surface area contributed by atoms with Gasteiger partial charge in [-0.05, 0) is 24.3 Å². The number of hydrogen-bond donors (Lipinski definition) is 3. The SMILES string of the molecule is N#Cc1cc(F)ccc1Nc1ccnc(NN)c1. The van der Waals surface area contributed by atoms with Crippen LogP contribution in [-0.2, 0) is 0 Å². The highest BCUT2D eigenvalue weighted by Crippen LogP contribution is 2.22. The number of pyridine rings is 1. The molecular formula is C12H10FN5. The normalized spacial score (nSPS) is 9.61. The lowest BCUT2D eigenvalue weighted by Gasteiger charge is -2.09. The Morgan fingerprint density at radius 2 is 2.11 bits per heavy atom. The van der Waals surface area contributed by atoms with Gasteiger partial charge >= 0.3 is 0 Å². The number of benzene rings is 1. The molecule has 0 aliphatic carbocycles. The molecule has 0 spiro atoms. The van der Waals surface area contributed by atoms with Gasteiger partial charge in [0.25, 0.3) is 0 Å². The van der Waals surface area contributed by atoms with Crippen LogP contribution in [0.25, 0.3) is 0 Å². The Bertz CT molecular complexity index is 606. The number of nitriles is 1. The number of halogens is 1. The zero-order valence-corrected chi connectivity index (χ0v) is 9.31. The van der Waals surface area contributed by atoms with E-state index in [1.807, 2.05) is 6.07 Å². The molecule has 0 fully saturated rings. The highest BCUT2D eigenvalue weighted by Gasteiger charge is 2.04. The van der Waals surface area contributed by atoms with E-state index in [1.165, 1.54) is 18.2 Å². The second-order valence-electron chi connectivity index (χ2n) is 3.50. The van der Waals surface area contributed by atoms with Gasteiger partial charge < -0.3 is 10.7 Å². The molecule has 6 heteroatoms. The minimum Gasteiger partial charge on any atom is -0.354 e. The predicted molar refractivity (Wildman–Crippen MR) is 66.4 cm³/mol. The van der Waals surface area contributed by atoms with E-state index < -0.39 is 5.82 Å². The molecule has 0 aliphatic rings. The molecule has 0 radical (unpaired) electrons. The van der Waals surface area contributed by atoms with Gasteiger partial charge in [0.05, 0.1) is 11.3 Å². The van der Waals surface area contributed by atoms with E-state index in [2.05, 4.69) is 15.7 Å². The third-order valence-electron chi connectivity index (χ3n) is 2.29. The summed E-state index contributed by atoms with van der Waals surface area (Å²) in [5, 5.41) is 11.9. The molecule has 0 bridgehead atoms. The van der Waals surface area contributed by atoms with Gasteiger partial charge in [-0.15, -0.1) is 0 Å². The fourth-order valence-corrected chi connectivity index (χ4v) is 1.46. The Kier molecular flexibility index (Phi) is 3.36. The molecule has 1 heterocycles. The van der Waals surface area contributed by atoms with Crippen molar-refractivity contribution in [3.63, 3.8) is 0 Å². The van der Waals surface area contributed by atoms with Crippen molar-refractivity contribution in [3.05, 3.63) is 47.9 Å². The number of nitrogen functional groups attached to an aromatic ring is 1. The van der Waals surface area contributed by atoms with Crippen LogP contribution in [0.5, 0.6) is 0 Å². The first-order valence-corrected chi connectivity index (χ1v) is 5.12. The number of aromatic nitrogens is 1. The van der Waals surface area contributed by atoms with E-state index in [-0.39, 0.29) is 5.56 Å². The van der Waals surface area contributed by atoms with Crippen molar-refractivity contribution in [2.75, 3.05) is 10.7 Å². The average Bonchev–Trinajstić information content (AvgIpc) is 2.41. The van der Waals surface area contributed by atoms with Crippen molar-refractivity contribution in [1.82, 2.24) is 4.98 Å². The van der Waals surface area contributed by atoms with E-state index in [0.717, 1.165) is 0 Å². The van der Waals surface area contributed by atoms with Crippen LogP contribution in [0.2, 0.25) is 0 Å². The van der Waals surface area contributed by atoms with Crippen molar-refractivity contribution >= 4 is 17.2 Å². The first-order valence-electron chi connectivity index (χ1n) is 5.12. The highest BCUT2D eigenvalue weighted by atomic mass is 19.1. The van der Waals surface area contributed by atoms with Crippen LogP contribution in [0.15, 0.2) is 36.5 Å². The summed E-state index contributed by atoms with van der Waals surface area (Å²) in [4.78, 5) is 3.96. The summed E-state index contributed by atoms with van der Waals surface area (Å²) in [6, 6.07) is 9.27. The van der Waals surface area contributed by atoms with Gasteiger partial charge in [0, 0.05) is 18.0 Å². The molecular weight excluding hydrogens is 233 g/mol. The Morgan fingerprint density at radius 1 is 1.28 bits per heavy atom. The molecule has 90 valence electrons. The summed E-state index contributed by atoms with van der Waals surface area (Å²) in [5.74, 6) is 5.28. The largest absolute Gasteiger partial charge is 0.354 e. The molecule has 2 rings (SSSR count). The number of nitrogens with two attached hydrogens (primary N) is 1. The molecule has 1 aromatic carbocycles. The topological polar surface area (TPSA) is 86.8 Å². The van der Waals surface area contributed by atoms with E-state index in [1.54, 1.807) is 18.3 Å². The average molecular weight is 243 g/mol. The molecule has 0 atom stereocenters. The maximum absolute atomic E-state index is 13.0. The lowest BCUT2D eigenvalue weighted by atomic mass is 10.2. The van der Waals surface area contributed by atoms with Crippen LogP contribution >= 0.6 is 0 Å². The number of rotatable bonds is 3. The first kappa shape index (κ1) is 11.8. The summed E-state index contributed by atoms with van der Waals surface area (Å²) < 4.78 is 13.0. The number of hydrazine groups is 1. The first-order chi connectivity index (χ1) is 8.72. The lowest BCUT2D eigenvalue weighted by Crippen LogP contribution is -2.08.